The number of sulfone groups is 1. The first kappa shape index (κ1) is 24.4. The second kappa shape index (κ2) is 10.6. The number of amides is 3. The second-order valence-corrected chi connectivity index (χ2v) is 10.0. The van der Waals surface area contributed by atoms with E-state index in [2.05, 4.69) is 10.6 Å². The van der Waals surface area contributed by atoms with Crippen LogP contribution in [0, 0.1) is 0 Å². The molecule has 0 aromatic heterocycles. The highest BCUT2D eigenvalue weighted by Crippen LogP contribution is 2.15. The van der Waals surface area contributed by atoms with Crippen LogP contribution in [0.1, 0.15) is 35.2 Å². The molecule has 0 bridgehead atoms. The number of carbonyl (C=O) groups is 3. The number of hydrogen-bond acceptors (Lipinski definition) is 6. The van der Waals surface area contributed by atoms with Gasteiger partial charge in [0.05, 0.1) is 11.4 Å². The fourth-order valence-electron chi connectivity index (χ4n) is 3.64. The molecule has 0 aliphatic carbocycles. The van der Waals surface area contributed by atoms with Gasteiger partial charge in [0.15, 0.2) is 9.84 Å². The van der Waals surface area contributed by atoms with E-state index in [0.29, 0.717) is 25.2 Å². The molecule has 2 aromatic rings. The standard InChI is InChI=1S/C23H28N4O5S/c1-33(31,32)19-10-8-17(9-11-19)22(29)26-20-7-2-3-12-27(23(20)30)15-21(28)25-18-6-4-5-16(13-18)14-24/h4-6,8-11,13,20H,2-3,7,12,14-15,24H2,1H3,(H,25,28)(H,26,29). The van der Waals surface area contributed by atoms with E-state index in [1.807, 2.05) is 6.07 Å². The Balaban J connectivity index is 1.63. The Kier molecular flexibility index (Phi) is 7.83. The van der Waals surface area contributed by atoms with E-state index in [4.69, 9.17) is 5.73 Å². The van der Waals surface area contributed by atoms with Gasteiger partial charge in [-0.3, -0.25) is 14.4 Å². The molecule has 0 spiro atoms. The molecule has 1 aliphatic rings. The van der Waals surface area contributed by atoms with E-state index in [1.165, 1.54) is 29.2 Å². The van der Waals surface area contributed by atoms with Gasteiger partial charge >= 0.3 is 0 Å². The number of nitrogens with two attached hydrogens (primary N) is 1. The molecule has 9 nitrogen and oxygen atoms in total. The van der Waals surface area contributed by atoms with Gasteiger partial charge in [-0.1, -0.05) is 12.1 Å². The molecule has 1 aliphatic heterocycles. The van der Waals surface area contributed by atoms with Crippen molar-refractivity contribution in [1.82, 2.24) is 10.2 Å². The Hall–Kier alpha value is -3.24. The molecule has 176 valence electrons. The molecule has 4 N–H and O–H groups in total. The van der Waals surface area contributed by atoms with Crippen molar-refractivity contribution in [2.24, 2.45) is 5.73 Å². The maximum absolute atomic E-state index is 13.0. The average Bonchev–Trinajstić information content (AvgIpc) is 2.95. The summed E-state index contributed by atoms with van der Waals surface area (Å²) < 4.78 is 23.2. The Morgan fingerprint density at radius 1 is 1.12 bits per heavy atom. The van der Waals surface area contributed by atoms with Crippen LogP contribution in [-0.4, -0.2) is 56.4 Å². The number of nitrogens with one attached hydrogen (secondary N) is 2. The molecule has 2 aromatic carbocycles. The van der Waals surface area contributed by atoms with Crippen LogP contribution in [0.25, 0.3) is 0 Å². The minimum Gasteiger partial charge on any atom is -0.340 e. The van der Waals surface area contributed by atoms with Crippen molar-refractivity contribution in [3.05, 3.63) is 59.7 Å². The lowest BCUT2D eigenvalue weighted by molar-refractivity contribution is -0.135. The summed E-state index contributed by atoms with van der Waals surface area (Å²) in [6.45, 7) is 0.651. The van der Waals surface area contributed by atoms with Crippen molar-refractivity contribution in [2.75, 3.05) is 24.7 Å². The van der Waals surface area contributed by atoms with Crippen molar-refractivity contribution >= 4 is 33.2 Å². The smallest absolute Gasteiger partial charge is 0.251 e. The van der Waals surface area contributed by atoms with Crippen LogP contribution in [-0.2, 0) is 26.0 Å². The molecule has 1 unspecified atom stereocenters. The normalized spacial score (nSPS) is 16.7. The Bertz CT molecular complexity index is 1130. The minimum absolute atomic E-state index is 0.110. The predicted molar refractivity (Wildman–Crippen MR) is 124 cm³/mol. The van der Waals surface area contributed by atoms with E-state index in [1.54, 1.807) is 18.2 Å². The molecular weight excluding hydrogens is 444 g/mol. The maximum Gasteiger partial charge on any atom is 0.251 e. The van der Waals surface area contributed by atoms with E-state index >= 15 is 0 Å². The van der Waals surface area contributed by atoms with E-state index in [-0.39, 0.29) is 28.8 Å². The highest BCUT2D eigenvalue weighted by atomic mass is 32.2. The molecule has 3 rings (SSSR count). The first-order chi connectivity index (χ1) is 15.7. The summed E-state index contributed by atoms with van der Waals surface area (Å²) in [6.07, 6.45) is 2.99. The first-order valence-corrected chi connectivity index (χ1v) is 12.5. The zero-order valence-corrected chi connectivity index (χ0v) is 19.2. The number of benzene rings is 2. The topological polar surface area (TPSA) is 139 Å². The lowest BCUT2D eigenvalue weighted by Gasteiger charge is -2.24. The van der Waals surface area contributed by atoms with Crippen molar-refractivity contribution in [3.63, 3.8) is 0 Å². The number of anilines is 1. The van der Waals surface area contributed by atoms with Gasteiger partial charge < -0.3 is 21.3 Å². The first-order valence-electron chi connectivity index (χ1n) is 10.7. The van der Waals surface area contributed by atoms with Crippen LogP contribution in [0.15, 0.2) is 53.4 Å². The lowest BCUT2D eigenvalue weighted by Crippen LogP contribution is -2.49. The third-order valence-electron chi connectivity index (χ3n) is 5.41. The van der Waals surface area contributed by atoms with E-state index in [9.17, 15) is 22.8 Å². The summed E-state index contributed by atoms with van der Waals surface area (Å²) in [6, 6.07) is 12.0. The second-order valence-electron chi connectivity index (χ2n) is 8.03. The zero-order valence-electron chi connectivity index (χ0n) is 18.4. The van der Waals surface area contributed by atoms with Gasteiger partial charge in [-0.15, -0.1) is 0 Å². The summed E-state index contributed by atoms with van der Waals surface area (Å²) in [5.74, 6) is -1.13. The summed E-state index contributed by atoms with van der Waals surface area (Å²) in [5, 5.41) is 5.50. The maximum atomic E-state index is 13.0. The van der Waals surface area contributed by atoms with Crippen LogP contribution >= 0.6 is 0 Å². The largest absolute Gasteiger partial charge is 0.340 e. The fraction of sp³-hybridized carbons (Fsp3) is 0.348. The molecule has 1 atom stereocenters. The quantitative estimate of drug-likeness (QED) is 0.555. The van der Waals surface area contributed by atoms with Gasteiger partial charge in [-0.25, -0.2) is 8.42 Å². The van der Waals surface area contributed by atoms with Crippen LogP contribution in [0.2, 0.25) is 0 Å². The molecular formula is C23H28N4O5S. The Morgan fingerprint density at radius 3 is 2.52 bits per heavy atom. The molecule has 0 radical (unpaired) electrons. The SMILES string of the molecule is CS(=O)(=O)c1ccc(C(=O)NC2CCCCN(CC(=O)Nc3cccc(CN)c3)C2=O)cc1. The van der Waals surface area contributed by atoms with E-state index < -0.39 is 21.8 Å². The van der Waals surface area contributed by atoms with Crippen molar-refractivity contribution < 1.29 is 22.8 Å². The summed E-state index contributed by atoms with van der Waals surface area (Å²) in [5.41, 5.74) is 7.37. The fourth-order valence-corrected chi connectivity index (χ4v) is 4.27. The zero-order chi connectivity index (χ0) is 24.0. The molecule has 33 heavy (non-hydrogen) atoms. The Labute approximate surface area is 193 Å². The molecule has 1 heterocycles. The van der Waals surface area contributed by atoms with Crippen LogP contribution < -0.4 is 16.4 Å². The molecule has 1 fully saturated rings. The number of carbonyl (C=O) groups excluding carboxylic acids is 3. The van der Waals surface area contributed by atoms with Gasteiger partial charge in [0.25, 0.3) is 5.91 Å². The Morgan fingerprint density at radius 2 is 1.85 bits per heavy atom. The van der Waals surface area contributed by atoms with E-state index in [0.717, 1.165) is 24.7 Å². The van der Waals surface area contributed by atoms with Crippen LogP contribution in [0.3, 0.4) is 0 Å². The van der Waals surface area contributed by atoms with Crippen LogP contribution in [0.5, 0.6) is 0 Å². The predicted octanol–water partition coefficient (Wildman–Crippen LogP) is 1.30. The van der Waals surface area contributed by atoms with Crippen LogP contribution in [0.4, 0.5) is 5.69 Å². The van der Waals surface area contributed by atoms with Gasteiger partial charge in [0, 0.05) is 30.6 Å². The minimum atomic E-state index is -3.37. The molecule has 0 saturated carbocycles. The van der Waals surface area contributed by atoms with Gasteiger partial charge in [0.2, 0.25) is 11.8 Å². The monoisotopic (exact) mass is 472 g/mol. The van der Waals surface area contributed by atoms with Crippen molar-refractivity contribution in [1.29, 1.82) is 0 Å². The number of nitrogens with zero attached hydrogens (tertiary/aromatic N) is 1. The summed E-state index contributed by atoms with van der Waals surface area (Å²) in [7, 11) is -3.37. The molecule has 3 amide bonds. The molecule has 1 saturated heterocycles. The molecule has 10 heteroatoms. The van der Waals surface area contributed by atoms with Gasteiger partial charge in [-0.05, 0) is 61.2 Å². The number of rotatable bonds is 7. The number of hydrogen-bond donors (Lipinski definition) is 3. The third kappa shape index (κ3) is 6.62. The highest BCUT2D eigenvalue weighted by molar-refractivity contribution is 7.90. The highest BCUT2D eigenvalue weighted by Gasteiger charge is 2.29. The van der Waals surface area contributed by atoms with Crippen molar-refractivity contribution in [2.45, 2.75) is 36.7 Å². The number of likely N-dealkylation sites (tertiary alicyclic amines) is 1. The van der Waals surface area contributed by atoms with Gasteiger partial charge in [0.1, 0.15) is 6.04 Å². The third-order valence-corrected chi connectivity index (χ3v) is 6.54. The summed E-state index contributed by atoms with van der Waals surface area (Å²) in [4.78, 5) is 39.8. The average molecular weight is 473 g/mol. The van der Waals surface area contributed by atoms with Crippen molar-refractivity contribution in [3.8, 4) is 0 Å². The van der Waals surface area contributed by atoms with Gasteiger partial charge in [-0.2, -0.15) is 0 Å². The lowest BCUT2D eigenvalue weighted by atomic mass is 10.1. The summed E-state index contributed by atoms with van der Waals surface area (Å²) >= 11 is 0.